The van der Waals surface area contributed by atoms with Gasteiger partial charge < -0.3 is 15.5 Å². The van der Waals surface area contributed by atoms with Crippen LogP contribution < -0.4 is 5.32 Å². The van der Waals surface area contributed by atoms with Gasteiger partial charge in [-0.15, -0.1) is 0 Å². The highest BCUT2D eigenvalue weighted by Gasteiger charge is 2.13. The number of nitrogens with one attached hydrogen (secondary N) is 1. The van der Waals surface area contributed by atoms with Gasteiger partial charge in [-0.1, -0.05) is 35.6 Å². The lowest BCUT2D eigenvalue weighted by Gasteiger charge is -2.09. The Morgan fingerprint density at radius 3 is 2.76 bits per heavy atom. The molecule has 0 atom stereocenters. The molecule has 0 aliphatic heterocycles. The van der Waals surface area contributed by atoms with Gasteiger partial charge in [0.25, 0.3) is 5.91 Å². The molecule has 106 valence electrons. The SMILES string of the molecule is O=C(Nc1ccccc1C#CCO)c1cc(Cl)ccc1O. The van der Waals surface area contributed by atoms with Crippen LogP contribution in [0.2, 0.25) is 5.02 Å². The number of anilines is 1. The number of carbonyl (C=O) groups is 1. The molecule has 2 rings (SSSR count). The first-order valence-electron chi connectivity index (χ1n) is 6.10. The number of benzene rings is 2. The Hall–Kier alpha value is -2.48. The summed E-state index contributed by atoms with van der Waals surface area (Å²) >= 11 is 5.82. The maximum absolute atomic E-state index is 12.2. The average molecular weight is 302 g/mol. The van der Waals surface area contributed by atoms with Crippen molar-refractivity contribution in [2.24, 2.45) is 0 Å². The summed E-state index contributed by atoms with van der Waals surface area (Å²) in [5, 5.41) is 21.5. The largest absolute Gasteiger partial charge is 0.507 e. The van der Waals surface area contributed by atoms with Gasteiger partial charge in [0.05, 0.1) is 11.3 Å². The van der Waals surface area contributed by atoms with Crippen molar-refractivity contribution < 1.29 is 15.0 Å². The molecule has 0 saturated carbocycles. The minimum Gasteiger partial charge on any atom is -0.507 e. The zero-order chi connectivity index (χ0) is 15.2. The number of para-hydroxylation sites is 1. The summed E-state index contributed by atoms with van der Waals surface area (Å²) in [6.07, 6.45) is 0. The van der Waals surface area contributed by atoms with Crippen molar-refractivity contribution in [3.8, 4) is 17.6 Å². The van der Waals surface area contributed by atoms with Crippen LogP contribution in [0.5, 0.6) is 5.75 Å². The van der Waals surface area contributed by atoms with Gasteiger partial charge in [-0.25, -0.2) is 0 Å². The number of aliphatic hydroxyl groups excluding tert-OH is 1. The Morgan fingerprint density at radius 2 is 2.00 bits per heavy atom. The molecule has 4 nitrogen and oxygen atoms in total. The van der Waals surface area contributed by atoms with Crippen LogP contribution in [0.15, 0.2) is 42.5 Å². The van der Waals surface area contributed by atoms with Crippen molar-refractivity contribution in [1.29, 1.82) is 0 Å². The molecule has 5 heteroatoms. The Bertz CT molecular complexity index is 732. The summed E-state index contributed by atoms with van der Waals surface area (Å²) in [6, 6.07) is 11.2. The summed E-state index contributed by atoms with van der Waals surface area (Å²) in [6.45, 7) is -0.267. The number of aliphatic hydroxyl groups is 1. The van der Waals surface area contributed by atoms with Gasteiger partial charge in [0.1, 0.15) is 12.4 Å². The second-order valence-corrected chi connectivity index (χ2v) is 4.56. The first-order valence-corrected chi connectivity index (χ1v) is 6.48. The molecule has 0 aliphatic rings. The summed E-state index contributed by atoms with van der Waals surface area (Å²) in [4.78, 5) is 12.2. The third-order valence-electron chi connectivity index (χ3n) is 2.68. The fourth-order valence-electron chi connectivity index (χ4n) is 1.72. The van der Waals surface area contributed by atoms with Crippen molar-refractivity contribution in [3.05, 3.63) is 58.6 Å². The lowest BCUT2D eigenvalue weighted by atomic mass is 10.1. The van der Waals surface area contributed by atoms with E-state index >= 15 is 0 Å². The van der Waals surface area contributed by atoms with E-state index in [-0.39, 0.29) is 17.9 Å². The van der Waals surface area contributed by atoms with Crippen LogP contribution in [0.4, 0.5) is 5.69 Å². The highest BCUT2D eigenvalue weighted by molar-refractivity contribution is 6.31. The van der Waals surface area contributed by atoms with E-state index in [4.69, 9.17) is 16.7 Å². The van der Waals surface area contributed by atoms with E-state index in [9.17, 15) is 9.90 Å². The van der Waals surface area contributed by atoms with E-state index in [0.717, 1.165) is 0 Å². The van der Waals surface area contributed by atoms with E-state index in [2.05, 4.69) is 17.2 Å². The van der Waals surface area contributed by atoms with Crippen LogP contribution in [0, 0.1) is 11.8 Å². The summed E-state index contributed by atoms with van der Waals surface area (Å²) in [5.74, 6) is 4.62. The van der Waals surface area contributed by atoms with Crippen molar-refractivity contribution in [3.63, 3.8) is 0 Å². The first kappa shape index (κ1) is 14.9. The highest BCUT2D eigenvalue weighted by Crippen LogP contribution is 2.23. The number of phenols is 1. The third-order valence-corrected chi connectivity index (χ3v) is 2.92. The molecule has 21 heavy (non-hydrogen) atoms. The number of amides is 1. The summed E-state index contributed by atoms with van der Waals surface area (Å²) in [7, 11) is 0. The van der Waals surface area contributed by atoms with Crippen LogP contribution in [0.1, 0.15) is 15.9 Å². The monoisotopic (exact) mass is 301 g/mol. The number of phenolic OH excluding ortho intramolecular Hbond substituents is 1. The molecule has 0 saturated heterocycles. The second kappa shape index (κ2) is 6.80. The molecular formula is C16H12ClNO3. The molecule has 2 aromatic carbocycles. The van der Waals surface area contributed by atoms with Gasteiger partial charge in [-0.2, -0.15) is 0 Å². The Morgan fingerprint density at radius 1 is 1.24 bits per heavy atom. The molecule has 3 N–H and O–H groups in total. The van der Waals surface area contributed by atoms with Crippen molar-refractivity contribution in [2.45, 2.75) is 0 Å². The van der Waals surface area contributed by atoms with Crippen LogP contribution >= 0.6 is 11.6 Å². The van der Waals surface area contributed by atoms with Crippen LogP contribution in [-0.4, -0.2) is 22.7 Å². The maximum Gasteiger partial charge on any atom is 0.259 e. The van der Waals surface area contributed by atoms with Crippen molar-refractivity contribution >= 4 is 23.2 Å². The van der Waals surface area contributed by atoms with Gasteiger partial charge in [-0.3, -0.25) is 4.79 Å². The first-order chi connectivity index (χ1) is 10.1. The number of aromatic hydroxyl groups is 1. The van der Waals surface area contributed by atoms with Crippen molar-refractivity contribution in [1.82, 2.24) is 0 Å². The quantitative estimate of drug-likeness (QED) is 0.747. The number of halogens is 1. The molecule has 2 aromatic rings. The van der Waals surface area contributed by atoms with Gasteiger partial charge >= 0.3 is 0 Å². The maximum atomic E-state index is 12.2. The Kier molecular flexibility index (Phi) is 4.83. The van der Waals surface area contributed by atoms with Crippen LogP contribution in [0.3, 0.4) is 0 Å². The van der Waals surface area contributed by atoms with E-state index in [1.165, 1.54) is 18.2 Å². The van der Waals surface area contributed by atoms with Crippen molar-refractivity contribution in [2.75, 3.05) is 11.9 Å². The summed E-state index contributed by atoms with van der Waals surface area (Å²) in [5.41, 5.74) is 1.14. The molecule has 0 bridgehead atoms. The molecule has 0 fully saturated rings. The molecule has 0 unspecified atom stereocenters. The van der Waals surface area contributed by atoms with Crippen LogP contribution in [-0.2, 0) is 0 Å². The minimum absolute atomic E-state index is 0.0763. The van der Waals surface area contributed by atoms with Gasteiger partial charge in [0.2, 0.25) is 0 Å². The molecular weight excluding hydrogens is 290 g/mol. The average Bonchev–Trinajstić information content (AvgIpc) is 2.48. The lowest BCUT2D eigenvalue weighted by molar-refractivity contribution is 0.102. The Balaban J connectivity index is 2.30. The van der Waals surface area contributed by atoms with Gasteiger partial charge in [-0.05, 0) is 30.3 Å². The number of hydrogen-bond acceptors (Lipinski definition) is 3. The molecule has 1 amide bonds. The number of carbonyl (C=O) groups excluding carboxylic acids is 1. The third kappa shape index (κ3) is 3.76. The number of rotatable bonds is 2. The number of hydrogen-bond donors (Lipinski definition) is 3. The van der Waals surface area contributed by atoms with Gasteiger partial charge in [0.15, 0.2) is 0 Å². The summed E-state index contributed by atoms with van der Waals surface area (Å²) < 4.78 is 0. The normalized spacial score (nSPS) is 9.62. The molecule has 0 heterocycles. The van der Waals surface area contributed by atoms with E-state index in [1.807, 2.05) is 0 Å². The Labute approximate surface area is 127 Å². The van der Waals surface area contributed by atoms with E-state index < -0.39 is 5.91 Å². The topological polar surface area (TPSA) is 69.6 Å². The fraction of sp³-hybridized carbons (Fsp3) is 0.0625. The predicted octanol–water partition coefficient (Wildman–Crippen LogP) is 2.64. The molecule has 0 aliphatic carbocycles. The lowest BCUT2D eigenvalue weighted by Crippen LogP contribution is -2.13. The molecule has 0 aromatic heterocycles. The van der Waals surface area contributed by atoms with Crippen LogP contribution in [0.25, 0.3) is 0 Å². The minimum atomic E-state index is -0.492. The second-order valence-electron chi connectivity index (χ2n) is 4.12. The molecule has 0 spiro atoms. The van der Waals surface area contributed by atoms with E-state index in [0.29, 0.717) is 16.3 Å². The smallest absolute Gasteiger partial charge is 0.259 e. The predicted molar refractivity (Wildman–Crippen MR) is 81.5 cm³/mol. The highest BCUT2D eigenvalue weighted by atomic mass is 35.5. The molecule has 0 radical (unpaired) electrons. The van der Waals surface area contributed by atoms with Gasteiger partial charge in [0, 0.05) is 10.6 Å². The fourth-order valence-corrected chi connectivity index (χ4v) is 1.89. The zero-order valence-corrected chi connectivity index (χ0v) is 11.7. The van der Waals surface area contributed by atoms with E-state index in [1.54, 1.807) is 24.3 Å². The standard InChI is InChI=1S/C16H12ClNO3/c17-12-7-8-15(20)13(10-12)16(21)18-14-6-2-1-4-11(14)5-3-9-19/h1-2,4,6-8,10,19-20H,9H2,(H,18,21). The zero-order valence-electron chi connectivity index (χ0n) is 10.9.